The van der Waals surface area contributed by atoms with Gasteiger partial charge in [-0.3, -0.25) is 4.99 Å². The molecule has 0 heterocycles. The number of aliphatic imine (C=N–C) groups is 1. The summed E-state index contributed by atoms with van der Waals surface area (Å²) in [5.74, 6) is 0.515. The molecule has 0 spiro atoms. The Morgan fingerprint density at radius 3 is 2.65 bits per heavy atom. The summed E-state index contributed by atoms with van der Waals surface area (Å²) in [4.78, 5) is 6.63. The van der Waals surface area contributed by atoms with Gasteiger partial charge in [0.2, 0.25) is 0 Å². The summed E-state index contributed by atoms with van der Waals surface area (Å²) in [5.41, 5.74) is 0.918. The van der Waals surface area contributed by atoms with Gasteiger partial charge in [-0.2, -0.15) is 0 Å². The number of ether oxygens (including phenoxy) is 1. The molecule has 0 radical (unpaired) electrons. The first-order valence-electron chi connectivity index (χ1n) is 7.51. The molecule has 132 valence electrons. The summed E-state index contributed by atoms with van der Waals surface area (Å²) in [7, 11) is 5.60. The lowest BCUT2D eigenvalue weighted by Gasteiger charge is -2.23. The Labute approximate surface area is 155 Å². The first kappa shape index (κ1) is 22.1. The van der Waals surface area contributed by atoms with E-state index >= 15 is 0 Å². The minimum atomic E-state index is -0.224. The second kappa shape index (κ2) is 12.5. The lowest BCUT2D eigenvalue weighted by molar-refractivity contribution is 0.203. The number of hydrogen-bond acceptors (Lipinski definition) is 3. The van der Waals surface area contributed by atoms with Gasteiger partial charge in [-0.15, -0.1) is 24.0 Å². The standard InChI is InChI=1S/C16H27FN4O.HI/c1-5-18-16(19-9-10-22-4)20-12-15(21(2)3)13-7-6-8-14(17)11-13;/h6-8,11,15H,5,9-10,12H2,1-4H3,(H2,18,19,20);1H. The number of nitrogens with one attached hydrogen (secondary N) is 2. The number of halogens is 2. The molecule has 1 aromatic rings. The van der Waals surface area contributed by atoms with Crippen LogP contribution in [0.5, 0.6) is 0 Å². The summed E-state index contributed by atoms with van der Waals surface area (Å²) in [5, 5.41) is 6.39. The van der Waals surface area contributed by atoms with E-state index in [1.54, 1.807) is 19.2 Å². The predicted octanol–water partition coefficient (Wildman–Crippen LogP) is 2.25. The summed E-state index contributed by atoms with van der Waals surface area (Å²) >= 11 is 0. The van der Waals surface area contributed by atoms with Crippen LogP contribution in [0.4, 0.5) is 4.39 Å². The van der Waals surface area contributed by atoms with Crippen LogP contribution in [0.15, 0.2) is 29.3 Å². The molecule has 0 saturated heterocycles. The van der Waals surface area contributed by atoms with E-state index in [0.717, 1.165) is 18.1 Å². The lowest BCUT2D eigenvalue weighted by atomic mass is 10.1. The Morgan fingerprint density at radius 2 is 2.09 bits per heavy atom. The lowest BCUT2D eigenvalue weighted by Crippen LogP contribution is -2.39. The van der Waals surface area contributed by atoms with Crippen molar-refractivity contribution in [1.82, 2.24) is 15.5 Å². The zero-order valence-electron chi connectivity index (χ0n) is 14.3. The number of methoxy groups -OCH3 is 1. The number of hydrogen-bond donors (Lipinski definition) is 2. The average molecular weight is 438 g/mol. The third-order valence-electron chi connectivity index (χ3n) is 3.22. The van der Waals surface area contributed by atoms with E-state index in [-0.39, 0.29) is 35.8 Å². The van der Waals surface area contributed by atoms with E-state index in [4.69, 9.17) is 4.74 Å². The fourth-order valence-corrected chi connectivity index (χ4v) is 2.07. The Balaban J connectivity index is 0.00000484. The summed E-state index contributed by atoms with van der Waals surface area (Å²) in [6.07, 6.45) is 0. The highest BCUT2D eigenvalue weighted by molar-refractivity contribution is 14.0. The van der Waals surface area contributed by atoms with Crippen LogP contribution in [0.2, 0.25) is 0 Å². The number of rotatable bonds is 8. The van der Waals surface area contributed by atoms with E-state index < -0.39 is 0 Å². The van der Waals surface area contributed by atoms with Crippen molar-refractivity contribution >= 4 is 29.9 Å². The minimum Gasteiger partial charge on any atom is -0.383 e. The molecule has 0 aliphatic carbocycles. The van der Waals surface area contributed by atoms with Crippen molar-refractivity contribution in [1.29, 1.82) is 0 Å². The molecule has 5 nitrogen and oxygen atoms in total. The van der Waals surface area contributed by atoms with Crippen molar-refractivity contribution < 1.29 is 9.13 Å². The van der Waals surface area contributed by atoms with Crippen LogP contribution >= 0.6 is 24.0 Å². The van der Waals surface area contributed by atoms with Crippen LogP contribution in [0.1, 0.15) is 18.5 Å². The smallest absolute Gasteiger partial charge is 0.191 e. The molecule has 23 heavy (non-hydrogen) atoms. The van der Waals surface area contributed by atoms with E-state index in [9.17, 15) is 4.39 Å². The second-order valence-corrected chi connectivity index (χ2v) is 5.17. The average Bonchev–Trinajstić information content (AvgIpc) is 2.47. The third-order valence-corrected chi connectivity index (χ3v) is 3.22. The molecular weight excluding hydrogens is 410 g/mol. The number of likely N-dealkylation sites (N-methyl/N-ethyl adjacent to an activating group) is 1. The maximum Gasteiger partial charge on any atom is 0.191 e. The topological polar surface area (TPSA) is 48.9 Å². The highest BCUT2D eigenvalue weighted by Crippen LogP contribution is 2.19. The van der Waals surface area contributed by atoms with Crippen molar-refractivity contribution in [3.05, 3.63) is 35.6 Å². The maximum absolute atomic E-state index is 13.4. The van der Waals surface area contributed by atoms with Crippen LogP contribution in [0.25, 0.3) is 0 Å². The first-order valence-corrected chi connectivity index (χ1v) is 7.51. The van der Waals surface area contributed by atoms with Crippen molar-refractivity contribution in [2.24, 2.45) is 4.99 Å². The molecule has 0 bridgehead atoms. The fraction of sp³-hybridized carbons (Fsp3) is 0.562. The van der Waals surface area contributed by atoms with Gasteiger partial charge in [0.25, 0.3) is 0 Å². The molecule has 0 amide bonds. The summed E-state index contributed by atoms with van der Waals surface area (Å²) < 4.78 is 18.4. The van der Waals surface area contributed by atoms with Gasteiger partial charge >= 0.3 is 0 Å². The van der Waals surface area contributed by atoms with Crippen LogP contribution in [0, 0.1) is 5.82 Å². The zero-order chi connectivity index (χ0) is 16.4. The molecule has 1 rings (SSSR count). The summed E-state index contributed by atoms with van der Waals surface area (Å²) in [6, 6.07) is 6.69. The van der Waals surface area contributed by atoms with Crippen molar-refractivity contribution in [2.45, 2.75) is 13.0 Å². The van der Waals surface area contributed by atoms with E-state index in [2.05, 4.69) is 15.6 Å². The number of benzene rings is 1. The highest BCUT2D eigenvalue weighted by Gasteiger charge is 2.14. The third kappa shape index (κ3) is 8.47. The molecule has 1 atom stereocenters. The maximum atomic E-state index is 13.4. The van der Waals surface area contributed by atoms with Gasteiger partial charge in [-0.25, -0.2) is 4.39 Å². The van der Waals surface area contributed by atoms with Crippen LogP contribution < -0.4 is 10.6 Å². The molecule has 1 aromatic carbocycles. The monoisotopic (exact) mass is 438 g/mol. The second-order valence-electron chi connectivity index (χ2n) is 5.17. The van der Waals surface area contributed by atoms with Gasteiger partial charge in [-0.1, -0.05) is 12.1 Å². The molecule has 2 N–H and O–H groups in total. The molecule has 0 fully saturated rings. The largest absolute Gasteiger partial charge is 0.383 e. The van der Waals surface area contributed by atoms with Gasteiger partial charge in [0, 0.05) is 20.2 Å². The van der Waals surface area contributed by atoms with Gasteiger partial charge in [0.15, 0.2) is 5.96 Å². The number of guanidine groups is 1. The normalized spacial score (nSPS) is 12.7. The van der Waals surface area contributed by atoms with E-state index in [1.165, 1.54) is 6.07 Å². The molecule has 0 aliphatic rings. The first-order chi connectivity index (χ1) is 10.6. The highest BCUT2D eigenvalue weighted by atomic mass is 127. The Kier molecular flexibility index (Phi) is 12.0. The van der Waals surface area contributed by atoms with Crippen molar-refractivity contribution in [3.63, 3.8) is 0 Å². The van der Waals surface area contributed by atoms with Gasteiger partial charge < -0.3 is 20.3 Å². The molecule has 0 saturated carbocycles. The molecular formula is C16H28FIN4O. The van der Waals surface area contributed by atoms with E-state index in [1.807, 2.05) is 32.0 Å². The van der Waals surface area contributed by atoms with Gasteiger partial charge in [0.1, 0.15) is 5.82 Å². The Morgan fingerprint density at radius 1 is 1.35 bits per heavy atom. The van der Waals surface area contributed by atoms with Crippen LogP contribution in [0.3, 0.4) is 0 Å². The molecule has 7 heteroatoms. The molecule has 0 aromatic heterocycles. The van der Waals surface area contributed by atoms with Crippen LogP contribution in [-0.2, 0) is 4.74 Å². The van der Waals surface area contributed by atoms with Gasteiger partial charge in [0.05, 0.1) is 19.2 Å². The Hall–Kier alpha value is -0.930. The summed E-state index contributed by atoms with van der Waals surface area (Å²) in [6.45, 7) is 4.65. The van der Waals surface area contributed by atoms with Gasteiger partial charge in [-0.05, 0) is 38.7 Å². The molecule has 1 unspecified atom stereocenters. The number of nitrogens with zero attached hydrogens (tertiary/aromatic N) is 2. The quantitative estimate of drug-likeness (QED) is 0.283. The van der Waals surface area contributed by atoms with E-state index in [0.29, 0.717) is 19.7 Å². The van der Waals surface area contributed by atoms with Crippen molar-refractivity contribution in [2.75, 3.05) is 47.4 Å². The predicted molar refractivity (Wildman–Crippen MR) is 104 cm³/mol. The fourth-order valence-electron chi connectivity index (χ4n) is 2.07. The SMILES string of the molecule is CCNC(=NCC(c1cccc(F)c1)N(C)C)NCCOC.I. The minimum absolute atomic E-state index is 0. The molecule has 0 aliphatic heterocycles. The Bertz CT molecular complexity index is 471. The van der Waals surface area contributed by atoms with Crippen molar-refractivity contribution in [3.8, 4) is 0 Å². The van der Waals surface area contributed by atoms with Crippen LogP contribution in [-0.4, -0.2) is 58.3 Å². The zero-order valence-corrected chi connectivity index (χ0v) is 16.6.